The van der Waals surface area contributed by atoms with Crippen LogP contribution >= 0.6 is 0 Å². The number of nitrogens with one attached hydrogen (secondary N) is 1. The van der Waals surface area contributed by atoms with Gasteiger partial charge in [-0.3, -0.25) is 0 Å². The molecule has 1 heteroatoms. The maximum atomic E-state index is 3.31. The standard InChI is InChI=1S/C17H21N/c1-14-8-6-7-11-16(14)12-17(13-18-2)15-9-4-3-5-10-15/h3-11,17-18H,12-13H2,1-2H3. The van der Waals surface area contributed by atoms with Crippen LogP contribution in [0.2, 0.25) is 0 Å². The van der Waals surface area contributed by atoms with Gasteiger partial charge in [-0.05, 0) is 37.1 Å². The van der Waals surface area contributed by atoms with Crippen LogP contribution in [0.25, 0.3) is 0 Å². The number of likely N-dealkylation sites (N-methyl/N-ethyl adjacent to an activating group) is 1. The van der Waals surface area contributed by atoms with E-state index in [0.29, 0.717) is 5.92 Å². The minimum absolute atomic E-state index is 0.539. The Labute approximate surface area is 110 Å². The number of hydrogen-bond acceptors (Lipinski definition) is 1. The van der Waals surface area contributed by atoms with Gasteiger partial charge in [-0.25, -0.2) is 0 Å². The molecule has 1 atom stereocenters. The molecular weight excluding hydrogens is 218 g/mol. The van der Waals surface area contributed by atoms with Gasteiger partial charge in [0, 0.05) is 12.5 Å². The van der Waals surface area contributed by atoms with Crippen LogP contribution in [0.5, 0.6) is 0 Å². The lowest BCUT2D eigenvalue weighted by Gasteiger charge is -2.18. The molecule has 0 fully saturated rings. The fraction of sp³-hybridized carbons (Fsp3) is 0.294. The van der Waals surface area contributed by atoms with E-state index < -0.39 is 0 Å². The van der Waals surface area contributed by atoms with Crippen molar-refractivity contribution in [3.8, 4) is 0 Å². The molecule has 18 heavy (non-hydrogen) atoms. The summed E-state index contributed by atoms with van der Waals surface area (Å²) in [5.74, 6) is 0.539. The van der Waals surface area contributed by atoms with E-state index in [1.807, 2.05) is 7.05 Å². The zero-order valence-electron chi connectivity index (χ0n) is 11.2. The third-order valence-electron chi connectivity index (χ3n) is 3.45. The van der Waals surface area contributed by atoms with E-state index in [4.69, 9.17) is 0 Å². The Morgan fingerprint density at radius 1 is 0.944 bits per heavy atom. The Balaban J connectivity index is 2.19. The summed E-state index contributed by atoms with van der Waals surface area (Å²) >= 11 is 0. The van der Waals surface area contributed by atoms with Crippen molar-refractivity contribution >= 4 is 0 Å². The zero-order valence-corrected chi connectivity index (χ0v) is 11.2. The van der Waals surface area contributed by atoms with Gasteiger partial charge in [0.15, 0.2) is 0 Å². The molecule has 0 spiro atoms. The Morgan fingerprint density at radius 3 is 2.28 bits per heavy atom. The van der Waals surface area contributed by atoms with Crippen LogP contribution in [-0.2, 0) is 6.42 Å². The van der Waals surface area contributed by atoms with Crippen molar-refractivity contribution < 1.29 is 0 Å². The van der Waals surface area contributed by atoms with Gasteiger partial charge >= 0.3 is 0 Å². The van der Waals surface area contributed by atoms with Gasteiger partial charge in [-0.1, -0.05) is 54.6 Å². The number of benzene rings is 2. The van der Waals surface area contributed by atoms with Crippen molar-refractivity contribution in [3.63, 3.8) is 0 Å². The largest absolute Gasteiger partial charge is 0.319 e. The van der Waals surface area contributed by atoms with Crippen LogP contribution in [0.4, 0.5) is 0 Å². The first kappa shape index (κ1) is 12.8. The van der Waals surface area contributed by atoms with E-state index in [9.17, 15) is 0 Å². The molecule has 2 aromatic rings. The Hall–Kier alpha value is -1.60. The summed E-state index contributed by atoms with van der Waals surface area (Å²) in [6, 6.07) is 19.4. The van der Waals surface area contributed by atoms with E-state index in [0.717, 1.165) is 13.0 Å². The lowest BCUT2D eigenvalue weighted by molar-refractivity contribution is 0.624. The second-order valence-electron chi connectivity index (χ2n) is 4.80. The first-order valence-corrected chi connectivity index (χ1v) is 6.55. The number of hydrogen-bond donors (Lipinski definition) is 1. The van der Waals surface area contributed by atoms with Gasteiger partial charge in [-0.15, -0.1) is 0 Å². The number of rotatable bonds is 5. The third kappa shape index (κ3) is 3.21. The van der Waals surface area contributed by atoms with Crippen LogP contribution in [-0.4, -0.2) is 13.6 Å². The summed E-state index contributed by atoms with van der Waals surface area (Å²) in [7, 11) is 2.02. The predicted octanol–water partition coefficient (Wildman–Crippen LogP) is 3.54. The average Bonchev–Trinajstić information content (AvgIpc) is 2.42. The molecule has 0 saturated carbocycles. The smallest absolute Gasteiger partial charge is 0.00203 e. The highest BCUT2D eigenvalue weighted by atomic mass is 14.8. The maximum absolute atomic E-state index is 3.31. The first-order chi connectivity index (χ1) is 8.81. The quantitative estimate of drug-likeness (QED) is 0.841. The molecule has 1 N–H and O–H groups in total. The molecule has 0 heterocycles. The van der Waals surface area contributed by atoms with Crippen molar-refractivity contribution in [1.29, 1.82) is 0 Å². The Morgan fingerprint density at radius 2 is 1.61 bits per heavy atom. The van der Waals surface area contributed by atoms with Crippen LogP contribution < -0.4 is 5.32 Å². The van der Waals surface area contributed by atoms with E-state index in [1.54, 1.807) is 0 Å². The summed E-state index contributed by atoms with van der Waals surface area (Å²) in [5, 5.41) is 3.31. The summed E-state index contributed by atoms with van der Waals surface area (Å²) in [6.07, 6.45) is 1.09. The Bertz CT molecular complexity index is 476. The molecular formula is C17H21N. The highest BCUT2D eigenvalue weighted by molar-refractivity contribution is 5.29. The van der Waals surface area contributed by atoms with Crippen LogP contribution in [0, 0.1) is 6.92 Å². The van der Waals surface area contributed by atoms with Gasteiger partial charge in [0.1, 0.15) is 0 Å². The third-order valence-corrected chi connectivity index (χ3v) is 3.45. The molecule has 0 aromatic heterocycles. The molecule has 2 rings (SSSR count). The second kappa shape index (κ2) is 6.36. The lowest BCUT2D eigenvalue weighted by Crippen LogP contribution is -2.19. The van der Waals surface area contributed by atoms with Gasteiger partial charge in [-0.2, -0.15) is 0 Å². The van der Waals surface area contributed by atoms with Crippen molar-refractivity contribution in [3.05, 3.63) is 71.3 Å². The van der Waals surface area contributed by atoms with E-state index in [2.05, 4.69) is 66.8 Å². The second-order valence-corrected chi connectivity index (χ2v) is 4.80. The predicted molar refractivity (Wildman–Crippen MR) is 78.0 cm³/mol. The van der Waals surface area contributed by atoms with Gasteiger partial charge in [0.25, 0.3) is 0 Å². The average molecular weight is 239 g/mol. The molecule has 0 aliphatic carbocycles. The Kier molecular flexibility index (Phi) is 4.54. The summed E-state index contributed by atoms with van der Waals surface area (Å²) in [5.41, 5.74) is 4.24. The molecule has 0 saturated heterocycles. The summed E-state index contributed by atoms with van der Waals surface area (Å²) in [6.45, 7) is 3.20. The SMILES string of the molecule is CNCC(Cc1ccccc1C)c1ccccc1. The van der Waals surface area contributed by atoms with Crippen LogP contribution in [0.15, 0.2) is 54.6 Å². The summed E-state index contributed by atoms with van der Waals surface area (Å²) < 4.78 is 0. The fourth-order valence-electron chi connectivity index (χ4n) is 2.38. The number of aryl methyl sites for hydroxylation is 1. The van der Waals surface area contributed by atoms with E-state index in [1.165, 1.54) is 16.7 Å². The van der Waals surface area contributed by atoms with Gasteiger partial charge in [0.05, 0.1) is 0 Å². The molecule has 0 aliphatic heterocycles. The molecule has 0 amide bonds. The molecule has 0 bridgehead atoms. The molecule has 0 radical (unpaired) electrons. The molecule has 1 nitrogen and oxygen atoms in total. The van der Waals surface area contributed by atoms with Crippen molar-refractivity contribution in [2.24, 2.45) is 0 Å². The summed E-state index contributed by atoms with van der Waals surface area (Å²) in [4.78, 5) is 0. The van der Waals surface area contributed by atoms with Gasteiger partial charge in [0.2, 0.25) is 0 Å². The van der Waals surface area contributed by atoms with E-state index >= 15 is 0 Å². The monoisotopic (exact) mass is 239 g/mol. The van der Waals surface area contributed by atoms with Crippen molar-refractivity contribution in [1.82, 2.24) is 5.32 Å². The molecule has 2 aromatic carbocycles. The zero-order chi connectivity index (χ0) is 12.8. The topological polar surface area (TPSA) is 12.0 Å². The minimum Gasteiger partial charge on any atom is -0.319 e. The first-order valence-electron chi connectivity index (χ1n) is 6.55. The highest BCUT2D eigenvalue weighted by Crippen LogP contribution is 2.21. The van der Waals surface area contributed by atoms with Crippen molar-refractivity contribution in [2.75, 3.05) is 13.6 Å². The lowest BCUT2D eigenvalue weighted by atomic mass is 9.90. The molecule has 1 unspecified atom stereocenters. The fourth-order valence-corrected chi connectivity index (χ4v) is 2.38. The highest BCUT2D eigenvalue weighted by Gasteiger charge is 2.12. The molecule has 0 aliphatic rings. The normalized spacial score (nSPS) is 12.3. The maximum Gasteiger partial charge on any atom is 0.00203 e. The van der Waals surface area contributed by atoms with E-state index in [-0.39, 0.29) is 0 Å². The van der Waals surface area contributed by atoms with Crippen LogP contribution in [0.3, 0.4) is 0 Å². The van der Waals surface area contributed by atoms with Crippen LogP contribution in [0.1, 0.15) is 22.6 Å². The van der Waals surface area contributed by atoms with Gasteiger partial charge < -0.3 is 5.32 Å². The molecule has 94 valence electrons. The minimum atomic E-state index is 0.539. The van der Waals surface area contributed by atoms with Crippen molar-refractivity contribution in [2.45, 2.75) is 19.3 Å².